The predicted molar refractivity (Wildman–Crippen MR) is 84.1 cm³/mol. The van der Waals surface area contributed by atoms with Crippen molar-refractivity contribution in [3.63, 3.8) is 0 Å². The molecule has 0 saturated heterocycles. The second kappa shape index (κ2) is 6.28. The molecule has 2 rings (SSSR count). The third-order valence-corrected chi connectivity index (χ3v) is 5.98. The molecule has 1 N–H and O–H groups in total. The van der Waals surface area contributed by atoms with Gasteiger partial charge in [0.2, 0.25) is 0 Å². The molecule has 21 heavy (non-hydrogen) atoms. The smallest absolute Gasteiger partial charge is 0.320 e. The summed E-state index contributed by atoms with van der Waals surface area (Å²) in [6, 6.07) is 4.36. The van der Waals surface area contributed by atoms with Crippen molar-refractivity contribution in [3.05, 3.63) is 48.0 Å². The Morgan fingerprint density at radius 3 is 2.38 bits per heavy atom. The topological polar surface area (TPSA) is 29.1 Å². The number of carbonyl (C=O) groups is 1. The molecule has 0 unspecified atom stereocenters. The molecule has 0 spiro atoms. The number of hydrogen-bond acceptors (Lipinski definition) is 2. The van der Waals surface area contributed by atoms with Gasteiger partial charge in [0.15, 0.2) is 0 Å². The maximum absolute atomic E-state index is 12.5. The molecule has 0 saturated carbocycles. The molecule has 0 aliphatic heterocycles. The Morgan fingerprint density at radius 1 is 1.24 bits per heavy atom. The van der Waals surface area contributed by atoms with E-state index in [-0.39, 0.29) is 10.7 Å². The first-order valence-corrected chi connectivity index (χ1v) is 8.09. The van der Waals surface area contributed by atoms with Crippen molar-refractivity contribution >= 4 is 66.4 Å². The van der Waals surface area contributed by atoms with E-state index in [1.807, 2.05) is 0 Å². The van der Waals surface area contributed by atoms with E-state index in [2.05, 4.69) is 37.2 Å². The van der Waals surface area contributed by atoms with Gasteiger partial charge in [-0.25, -0.2) is 0 Å². The van der Waals surface area contributed by atoms with Crippen molar-refractivity contribution in [2.24, 2.45) is 0 Å². The fourth-order valence-corrected chi connectivity index (χ4v) is 3.59. The zero-order valence-electron chi connectivity index (χ0n) is 9.89. The van der Waals surface area contributed by atoms with Crippen molar-refractivity contribution in [3.8, 4) is 0 Å². The minimum Gasteiger partial charge on any atom is -0.320 e. The van der Waals surface area contributed by atoms with E-state index in [1.165, 1.54) is 11.3 Å². The molecule has 2 nitrogen and oxygen atoms in total. The number of carbonyl (C=O) groups excluding carboxylic acids is 1. The minimum atomic E-state index is -4.48. The normalized spacial score (nSPS) is 11.5. The van der Waals surface area contributed by atoms with Crippen molar-refractivity contribution < 1.29 is 18.0 Å². The van der Waals surface area contributed by atoms with Crippen molar-refractivity contribution in [2.45, 2.75) is 6.18 Å². The quantitative estimate of drug-likeness (QED) is 0.565. The van der Waals surface area contributed by atoms with Gasteiger partial charge in [0.25, 0.3) is 5.91 Å². The summed E-state index contributed by atoms with van der Waals surface area (Å²) in [5, 5.41) is 2.30. The molecule has 1 heterocycles. The van der Waals surface area contributed by atoms with E-state index in [1.54, 1.807) is 6.07 Å². The molecule has 112 valence electrons. The van der Waals surface area contributed by atoms with E-state index in [4.69, 9.17) is 11.6 Å². The number of rotatable bonds is 2. The summed E-state index contributed by atoms with van der Waals surface area (Å²) in [5.74, 6) is -0.451. The van der Waals surface area contributed by atoms with E-state index < -0.39 is 17.6 Å². The largest absolute Gasteiger partial charge is 0.416 e. The van der Waals surface area contributed by atoms with Crippen LogP contribution in [0, 0.1) is 0 Å². The number of benzene rings is 1. The molecule has 1 aromatic carbocycles. The summed E-state index contributed by atoms with van der Waals surface area (Å²) >= 11 is 13.5. The molecule has 2 aromatic rings. The molecule has 0 radical (unpaired) electrons. The van der Waals surface area contributed by atoms with Crippen LogP contribution in [0.2, 0.25) is 5.02 Å². The standard InChI is InChI=1S/C12H5Br2ClF3NOS/c13-6-4-9(21-10(6)14)11(20)19-8-2-1-5(3-7(8)15)12(16,17)18/h1-4H,(H,19,20). The first kappa shape index (κ1) is 16.8. The van der Waals surface area contributed by atoms with Gasteiger partial charge in [-0.05, 0) is 56.1 Å². The van der Waals surface area contributed by atoms with Crippen LogP contribution in [0.5, 0.6) is 0 Å². The number of hydrogen-bond donors (Lipinski definition) is 1. The highest BCUT2D eigenvalue weighted by Gasteiger charge is 2.31. The fraction of sp³-hybridized carbons (Fsp3) is 0.0833. The van der Waals surface area contributed by atoms with Gasteiger partial charge < -0.3 is 5.32 Å². The Kier molecular flexibility index (Phi) is 5.02. The number of alkyl halides is 3. The lowest BCUT2D eigenvalue weighted by molar-refractivity contribution is -0.137. The summed E-state index contributed by atoms with van der Waals surface area (Å²) < 4.78 is 39.0. The number of halogens is 6. The van der Waals surface area contributed by atoms with Crippen LogP contribution in [0.4, 0.5) is 18.9 Å². The Hall–Kier alpha value is -0.570. The molecule has 0 aliphatic carbocycles. The Balaban J connectivity index is 2.22. The van der Waals surface area contributed by atoms with Crippen LogP contribution >= 0.6 is 54.8 Å². The minimum absolute atomic E-state index is 0.121. The first-order valence-electron chi connectivity index (χ1n) is 5.31. The lowest BCUT2D eigenvalue weighted by Crippen LogP contribution is -2.11. The third kappa shape index (κ3) is 4.00. The lowest BCUT2D eigenvalue weighted by Gasteiger charge is -2.10. The second-order valence-corrected chi connectivity index (χ2v) is 7.51. The number of thiophene rings is 1. The molecule has 0 bridgehead atoms. The van der Waals surface area contributed by atoms with E-state index in [9.17, 15) is 18.0 Å². The van der Waals surface area contributed by atoms with Gasteiger partial charge in [-0.1, -0.05) is 11.6 Å². The predicted octanol–water partition coefficient (Wildman–Crippen LogP) is 6.20. The molecule has 9 heteroatoms. The third-order valence-electron chi connectivity index (χ3n) is 2.41. The summed E-state index contributed by atoms with van der Waals surface area (Å²) in [5.41, 5.74) is -0.748. The van der Waals surface area contributed by atoms with Gasteiger partial charge in [-0.2, -0.15) is 13.2 Å². The van der Waals surface area contributed by atoms with Gasteiger partial charge in [-0.3, -0.25) is 4.79 Å². The zero-order valence-corrected chi connectivity index (χ0v) is 14.6. The van der Waals surface area contributed by atoms with Crippen molar-refractivity contribution in [1.82, 2.24) is 0 Å². The van der Waals surface area contributed by atoms with Crippen molar-refractivity contribution in [2.75, 3.05) is 5.32 Å². The van der Waals surface area contributed by atoms with Crippen LogP contribution in [0.1, 0.15) is 15.2 Å². The fourth-order valence-electron chi connectivity index (χ4n) is 1.44. The summed E-state index contributed by atoms with van der Waals surface area (Å²) in [4.78, 5) is 12.4. The molecular formula is C12H5Br2ClF3NOS. The van der Waals surface area contributed by atoms with Crippen LogP contribution in [0.25, 0.3) is 0 Å². The zero-order chi connectivity index (χ0) is 15.8. The van der Waals surface area contributed by atoms with Gasteiger partial charge in [0, 0.05) is 4.47 Å². The first-order chi connectivity index (χ1) is 9.68. The Morgan fingerprint density at radius 2 is 1.90 bits per heavy atom. The van der Waals surface area contributed by atoms with Crippen LogP contribution in [0.15, 0.2) is 32.5 Å². The summed E-state index contributed by atoms with van der Waals surface area (Å²) in [6.45, 7) is 0. The molecule has 0 fully saturated rings. The van der Waals surface area contributed by atoms with E-state index >= 15 is 0 Å². The second-order valence-electron chi connectivity index (χ2n) is 3.88. The molecule has 1 amide bonds. The average Bonchev–Trinajstić information content (AvgIpc) is 2.71. The molecule has 1 aromatic heterocycles. The monoisotopic (exact) mass is 461 g/mol. The Bertz CT molecular complexity index is 683. The highest BCUT2D eigenvalue weighted by atomic mass is 79.9. The molecule has 0 atom stereocenters. The SMILES string of the molecule is O=C(Nc1ccc(C(F)(F)F)cc1Cl)c1cc(Br)c(Br)s1. The average molecular weight is 464 g/mol. The van der Waals surface area contributed by atoms with Gasteiger partial charge in [0.1, 0.15) is 0 Å². The maximum Gasteiger partial charge on any atom is 0.416 e. The van der Waals surface area contributed by atoms with Crippen LogP contribution in [-0.2, 0) is 6.18 Å². The highest BCUT2D eigenvalue weighted by Crippen LogP contribution is 2.35. The lowest BCUT2D eigenvalue weighted by atomic mass is 10.2. The number of anilines is 1. The number of amides is 1. The van der Waals surface area contributed by atoms with Crippen LogP contribution in [0.3, 0.4) is 0 Å². The van der Waals surface area contributed by atoms with Gasteiger partial charge in [-0.15, -0.1) is 11.3 Å². The highest BCUT2D eigenvalue weighted by molar-refractivity contribution is 9.13. The summed E-state index contributed by atoms with van der Waals surface area (Å²) in [6.07, 6.45) is -4.48. The van der Waals surface area contributed by atoms with E-state index in [0.717, 1.165) is 26.5 Å². The molecular weight excluding hydrogens is 458 g/mol. The van der Waals surface area contributed by atoms with Gasteiger partial charge in [0.05, 0.1) is 24.9 Å². The molecule has 0 aliphatic rings. The van der Waals surface area contributed by atoms with Gasteiger partial charge >= 0.3 is 6.18 Å². The maximum atomic E-state index is 12.5. The van der Waals surface area contributed by atoms with Crippen LogP contribution in [-0.4, -0.2) is 5.91 Å². The Labute approximate surface area is 143 Å². The number of nitrogens with one attached hydrogen (secondary N) is 1. The van der Waals surface area contributed by atoms with E-state index in [0.29, 0.717) is 4.88 Å². The summed E-state index contributed by atoms with van der Waals surface area (Å²) in [7, 11) is 0. The van der Waals surface area contributed by atoms with Crippen molar-refractivity contribution in [1.29, 1.82) is 0 Å². The van der Waals surface area contributed by atoms with Crippen LogP contribution < -0.4 is 5.32 Å².